The largest absolute Gasteiger partial charge is 0.0616 e. The van der Waals surface area contributed by atoms with E-state index < -0.39 is 0 Å². The number of benzene rings is 10. The van der Waals surface area contributed by atoms with Crippen LogP contribution in [0, 0.1) is 20.8 Å². The fourth-order valence-corrected chi connectivity index (χ4v) is 12.7. The zero-order chi connectivity index (χ0) is 50.0. The van der Waals surface area contributed by atoms with Gasteiger partial charge in [0.25, 0.3) is 0 Å². The Kier molecular flexibility index (Phi) is 9.67. The summed E-state index contributed by atoms with van der Waals surface area (Å²) in [5.74, 6) is 0. The normalized spacial score (nSPS) is 13.3. The van der Waals surface area contributed by atoms with Crippen molar-refractivity contribution in [3.63, 3.8) is 0 Å². The average molecular weight is 921 g/mol. The average Bonchev–Trinajstić information content (AvgIpc) is 3.80. The van der Waals surface area contributed by atoms with E-state index in [1.165, 1.54) is 159 Å². The molecule has 0 atom stereocenters. The molecule has 0 nitrogen and oxygen atoms in total. The van der Waals surface area contributed by atoms with E-state index in [1.807, 2.05) is 0 Å². The Morgan fingerprint density at radius 1 is 0.254 bits per heavy atom. The summed E-state index contributed by atoms with van der Waals surface area (Å²) in [6.07, 6.45) is 0. The van der Waals surface area contributed by atoms with Gasteiger partial charge in [-0.1, -0.05) is 210 Å². The van der Waals surface area contributed by atoms with Crippen molar-refractivity contribution in [1.29, 1.82) is 0 Å². The molecule has 0 amide bonds. The Bertz CT molecular complexity index is 4110. The van der Waals surface area contributed by atoms with Gasteiger partial charge in [-0.15, -0.1) is 0 Å². The van der Waals surface area contributed by atoms with Crippen molar-refractivity contribution in [2.45, 2.75) is 126 Å². The zero-order valence-electron chi connectivity index (χ0n) is 44.8. The summed E-state index contributed by atoms with van der Waals surface area (Å²) in [6, 6.07) is 55.7. The molecule has 71 heavy (non-hydrogen) atoms. The number of fused-ring (bicyclic) bond motifs is 10. The molecular formula is C71H68. The standard InChI is InChI=1S/C71H68/c1-39-28-40(2)60(41(3)29-39)43-27-26-42-34-58-64-53(56(42)35-43)23-19-25-55(64)66-61(44-30-46(68(4,5)6)36-47(31-44)69(7,8)9)59-38-57-51-21-17-16-20-50(51)52-22-18-24-54(63(52)57)65(59)62(67(58)66)45-32-48(70(10,11)12)37-49(33-45)71(13,14)15/h16-38H,1-15H3. The smallest absolute Gasteiger partial charge is 0.000697 e. The summed E-state index contributed by atoms with van der Waals surface area (Å²) in [6.45, 7) is 35.3. The lowest BCUT2D eigenvalue weighted by molar-refractivity contribution is 0.568. The minimum absolute atomic E-state index is 0.0626. The Balaban J connectivity index is 1.39. The monoisotopic (exact) mass is 921 g/mol. The molecule has 0 radical (unpaired) electrons. The molecule has 352 valence electrons. The van der Waals surface area contributed by atoms with E-state index in [0.717, 1.165) is 0 Å². The molecule has 0 aliphatic heterocycles. The van der Waals surface area contributed by atoms with Crippen molar-refractivity contribution < 1.29 is 0 Å². The first-order valence-electron chi connectivity index (χ1n) is 26.1. The van der Waals surface area contributed by atoms with Gasteiger partial charge in [0.05, 0.1) is 0 Å². The molecule has 0 saturated heterocycles. The van der Waals surface area contributed by atoms with E-state index in [2.05, 4.69) is 243 Å². The zero-order valence-corrected chi connectivity index (χ0v) is 44.8. The number of rotatable bonds is 3. The maximum atomic E-state index is 2.61. The Labute approximate surface area is 421 Å². The molecule has 0 aliphatic carbocycles. The molecule has 0 bridgehead atoms. The van der Waals surface area contributed by atoms with Crippen LogP contribution in [-0.4, -0.2) is 0 Å². The van der Waals surface area contributed by atoms with Crippen molar-refractivity contribution >= 4 is 86.2 Å². The number of hydrogen-bond donors (Lipinski definition) is 0. The van der Waals surface area contributed by atoms with Crippen molar-refractivity contribution in [3.05, 3.63) is 178 Å². The van der Waals surface area contributed by atoms with Crippen LogP contribution in [0.3, 0.4) is 0 Å². The van der Waals surface area contributed by atoms with Crippen molar-refractivity contribution in [2.24, 2.45) is 0 Å². The third kappa shape index (κ3) is 6.91. The molecular weight excluding hydrogens is 853 g/mol. The van der Waals surface area contributed by atoms with Crippen LogP contribution in [0.2, 0.25) is 0 Å². The van der Waals surface area contributed by atoms with Gasteiger partial charge in [-0.05, 0) is 214 Å². The predicted molar refractivity (Wildman–Crippen MR) is 314 cm³/mol. The molecule has 0 aliphatic rings. The van der Waals surface area contributed by atoms with E-state index in [1.54, 1.807) is 0 Å². The molecule has 0 aromatic heterocycles. The van der Waals surface area contributed by atoms with E-state index in [-0.39, 0.29) is 21.7 Å². The SMILES string of the molecule is Cc1cc(C)c(-c2ccc3cc4c5c(-c6cc(C(C)(C)C)cc(C(C)(C)C)c6)c6c(cc7c8ccccc8c8cccc6c87)c(-c6cc(C(C)(C)C)cc(C(C)(C)C)c6)c5c5cccc(c3c2)c54)c(C)c1. The lowest BCUT2D eigenvalue weighted by atomic mass is 9.76. The first-order chi connectivity index (χ1) is 33.5. The quantitative estimate of drug-likeness (QED) is 0.155. The molecule has 0 saturated carbocycles. The molecule has 12 aromatic rings. The van der Waals surface area contributed by atoms with Crippen molar-refractivity contribution in [3.8, 4) is 33.4 Å². The van der Waals surface area contributed by atoms with Gasteiger partial charge in [0.15, 0.2) is 0 Å². The van der Waals surface area contributed by atoms with Gasteiger partial charge in [0.2, 0.25) is 0 Å². The molecule has 0 fully saturated rings. The molecule has 0 N–H and O–H groups in total. The molecule has 0 spiro atoms. The Hall–Kier alpha value is -6.76. The van der Waals surface area contributed by atoms with Crippen LogP contribution in [0.25, 0.3) is 120 Å². The maximum absolute atomic E-state index is 2.61. The van der Waals surface area contributed by atoms with E-state index in [9.17, 15) is 0 Å². The minimum Gasteiger partial charge on any atom is -0.0616 e. The lowest BCUT2D eigenvalue weighted by Crippen LogP contribution is -2.16. The Morgan fingerprint density at radius 3 is 1.23 bits per heavy atom. The van der Waals surface area contributed by atoms with Gasteiger partial charge in [-0.3, -0.25) is 0 Å². The van der Waals surface area contributed by atoms with E-state index >= 15 is 0 Å². The van der Waals surface area contributed by atoms with Gasteiger partial charge in [-0.2, -0.15) is 0 Å². The van der Waals surface area contributed by atoms with Gasteiger partial charge in [-0.25, -0.2) is 0 Å². The molecule has 12 aromatic carbocycles. The number of aryl methyl sites for hydroxylation is 3. The van der Waals surface area contributed by atoms with Crippen LogP contribution in [0.15, 0.2) is 140 Å². The van der Waals surface area contributed by atoms with E-state index in [4.69, 9.17) is 0 Å². The summed E-state index contributed by atoms with van der Waals surface area (Å²) in [4.78, 5) is 0. The number of hydrogen-bond acceptors (Lipinski definition) is 0. The predicted octanol–water partition coefficient (Wildman–Crippen LogP) is 20.9. The van der Waals surface area contributed by atoms with Gasteiger partial charge < -0.3 is 0 Å². The first kappa shape index (κ1) is 45.4. The summed E-state index contributed by atoms with van der Waals surface area (Å²) in [5, 5.41) is 21.3. The Morgan fingerprint density at radius 2 is 0.690 bits per heavy atom. The molecule has 0 unspecified atom stereocenters. The van der Waals surface area contributed by atoms with E-state index in [0.29, 0.717) is 0 Å². The topological polar surface area (TPSA) is 0 Å². The second-order valence-electron chi connectivity index (χ2n) is 25.6. The second-order valence-corrected chi connectivity index (χ2v) is 25.6. The summed E-state index contributed by atoms with van der Waals surface area (Å²) in [7, 11) is 0. The summed E-state index contributed by atoms with van der Waals surface area (Å²) in [5.41, 5.74) is 17.1. The highest BCUT2D eigenvalue weighted by molar-refractivity contribution is 6.46. The van der Waals surface area contributed by atoms with Crippen LogP contribution in [-0.2, 0) is 21.7 Å². The molecule has 12 rings (SSSR count). The first-order valence-corrected chi connectivity index (χ1v) is 26.1. The molecule has 0 heterocycles. The lowest BCUT2D eigenvalue weighted by Gasteiger charge is -2.28. The second kappa shape index (κ2) is 15.1. The minimum atomic E-state index is -0.0658. The van der Waals surface area contributed by atoms with Gasteiger partial charge in [0.1, 0.15) is 0 Å². The van der Waals surface area contributed by atoms with Crippen LogP contribution in [0.1, 0.15) is 122 Å². The van der Waals surface area contributed by atoms with Crippen molar-refractivity contribution in [1.82, 2.24) is 0 Å². The van der Waals surface area contributed by atoms with Crippen LogP contribution in [0.5, 0.6) is 0 Å². The van der Waals surface area contributed by atoms with Gasteiger partial charge in [0, 0.05) is 0 Å². The maximum Gasteiger partial charge on any atom is -0.000697 e. The fourth-order valence-electron chi connectivity index (χ4n) is 12.7. The summed E-state index contributed by atoms with van der Waals surface area (Å²) < 4.78 is 0. The van der Waals surface area contributed by atoms with Crippen molar-refractivity contribution in [2.75, 3.05) is 0 Å². The van der Waals surface area contributed by atoms with Crippen LogP contribution >= 0.6 is 0 Å². The summed E-state index contributed by atoms with van der Waals surface area (Å²) >= 11 is 0. The third-order valence-corrected chi connectivity index (χ3v) is 16.3. The highest BCUT2D eigenvalue weighted by Gasteiger charge is 2.31. The van der Waals surface area contributed by atoms with Gasteiger partial charge >= 0.3 is 0 Å². The van der Waals surface area contributed by atoms with Crippen LogP contribution < -0.4 is 0 Å². The highest BCUT2D eigenvalue weighted by Crippen LogP contribution is 2.56. The fraction of sp³-hybridized carbons (Fsp3) is 0.268. The third-order valence-electron chi connectivity index (χ3n) is 16.3. The highest BCUT2D eigenvalue weighted by atomic mass is 14.3. The molecule has 0 heteroatoms. The van der Waals surface area contributed by atoms with Crippen LogP contribution in [0.4, 0.5) is 0 Å².